The molecule has 0 aromatic carbocycles. The molecule has 0 unspecified atom stereocenters. The van der Waals surface area contributed by atoms with Crippen molar-refractivity contribution < 1.29 is 14.1 Å². The minimum Gasteiger partial charge on any atom is -0.379 e. The molecular weight excluding hydrogens is 328 g/mol. The molecule has 0 spiro atoms. The standard InChI is InChI=1S/C16H18N4O3S/c1-10-4-13(23-19-10)5-11-8-22-9-14(11)18-15(21)6-12-7-20-2-3-24-16(20)17-12/h2-4,7,11,14H,5-6,8-9H2,1H3,(H,18,21)/t11-,14+/m1/s1. The van der Waals surface area contributed by atoms with E-state index >= 15 is 0 Å². The summed E-state index contributed by atoms with van der Waals surface area (Å²) in [6.07, 6.45) is 4.82. The maximum Gasteiger partial charge on any atom is 0.226 e. The fourth-order valence-electron chi connectivity index (χ4n) is 3.01. The maximum absolute atomic E-state index is 12.3. The molecule has 1 N–H and O–H groups in total. The zero-order chi connectivity index (χ0) is 16.5. The number of fused-ring (bicyclic) bond motifs is 1. The number of aryl methyl sites for hydroxylation is 1. The highest BCUT2D eigenvalue weighted by Crippen LogP contribution is 2.20. The van der Waals surface area contributed by atoms with Gasteiger partial charge in [-0.25, -0.2) is 4.98 Å². The van der Waals surface area contributed by atoms with Crippen molar-refractivity contribution in [3.63, 3.8) is 0 Å². The van der Waals surface area contributed by atoms with Gasteiger partial charge in [0, 0.05) is 36.2 Å². The third-order valence-corrected chi connectivity index (χ3v) is 4.94. The number of hydrogen-bond donors (Lipinski definition) is 1. The van der Waals surface area contributed by atoms with Crippen molar-refractivity contribution in [2.24, 2.45) is 5.92 Å². The van der Waals surface area contributed by atoms with Crippen molar-refractivity contribution in [3.8, 4) is 0 Å². The van der Waals surface area contributed by atoms with Crippen LogP contribution < -0.4 is 5.32 Å². The summed E-state index contributed by atoms with van der Waals surface area (Å²) in [7, 11) is 0. The topological polar surface area (TPSA) is 81.7 Å². The lowest BCUT2D eigenvalue weighted by atomic mass is 9.98. The molecule has 4 heterocycles. The van der Waals surface area contributed by atoms with E-state index in [-0.39, 0.29) is 24.3 Å². The second-order valence-corrected chi connectivity index (χ2v) is 6.99. The largest absolute Gasteiger partial charge is 0.379 e. The van der Waals surface area contributed by atoms with Gasteiger partial charge in [0.2, 0.25) is 5.91 Å². The van der Waals surface area contributed by atoms with Crippen molar-refractivity contribution in [1.82, 2.24) is 19.9 Å². The van der Waals surface area contributed by atoms with Crippen LogP contribution in [0.15, 0.2) is 28.4 Å². The fraction of sp³-hybridized carbons (Fsp3) is 0.438. The summed E-state index contributed by atoms with van der Waals surface area (Å²) in [5.41, 5.74) is 1.64. The summed E-state index contributed by atoms with van der Waals surface area (Å²) in [5.74, 6) is 0.999. The molecule has 8 heteroatoms. The smallest absolute Gasteiger partial charge is 0.226 e. The van der Waals surface area contributed by atoms with Crippen molar-refractivity contribution >= 4 is 22.2 Å². The first kappa shape index (κ1) is 15.3. The van der Waals surface area contributed by atoms with Gasteiger partial charge >= 0.3 is 0 Å². The van der Waals surface area contributed by atoms with Crippen LogP contribution in [-0.4, -0.2) is 39.7 Å². The number of carbonyl (C=O) groups excluding carboxylic acids is 1. The van der Waals surface area contributed by atoms with Crippen LogP contribution >= 0.6 is 11.3 Å². The van der Waals surface area contributed by atoms with Crippen LogP contribution in [0.5, 0.6) is 0 Å². The lowest BCUT2D eigenvalue weighted by molar-refractivity contribution is -0.121. The Morgan fingerprint density at radius 3 is 3.21 bits per heavy atom. The maximum atomic E-state index is 12.3. The van der Waals surface area contributed by atoms with Crippen LogP contribution in [0.2, 0.25) is 0 Å². The number of imidazole rings is 1. The lowest BCUT2D eigenvalue weighted by Gasteiger charge is -2.17. The van der Waals surface area contributed by atoms with Crippen LogP contribution in [0.3, 0.4) is 0 Å². The van der Waals surface area contributed by atoms with Gasteiger partial charge in [0.1, 0.15) is 5.76 Å². The van der Waals surface area contributed by atoms with Gasteiger partial charge in [-0.05, 0) is 6.92 Å². The molecule has 0 radical (unpaired) electrons. The second-order valence-electron chi connectivity index (χ2n) is 6.11. The zero-order valence-corrected chi connectivity index (χ0v) is 14.1. The summed E-state index contributed by atoms with van der Waals surface area (Å²) < 4.78 is 12.7. The fourth-order valence-corrected chi connectivity index (χ4v) is 3.73. The Labute approximate surface area is 142 Å². The molecule has 1 saturated heterocycles. The van der Waals surface area contributed by atoms with Gasteiger partial charge in [-0.2, -0.15) is 0 Å². The van der Waals surface area contributed by atoms with Gasteiger partial charge in [0.25, 0.3) is 0 Å². The van der Waals surface area contributed by atoms with Gasteiger partial charge in [-0.3, -0.25) is 9.20 Å². The molecule has 1 aliphatic heterocycles. The second kappa shape index (κ2) is 6.37. The molecule has 3 aromatic rings. The first-order valence-corrected chi connectivity index (χ1v) is 8.76. The van der Waals surface area contributed by atoms with Crippen LogP contribution in [0, 0.1) is 12.8 Å². The molecule has 4 rings (SSSR count). The quantitative estimate of drug-likeness (QED) is 0.759. The summed E-state index contributed by atoms with van der Waals surface area (Å²) in [6.45, 7) is 3.04. The van der Waals surface area contributed by atoms with E-state index in [1.165, 1.54) is 0 Å². The van der Waals surface area contributed by atoms with Crippen molar-refractivity contribution in [1.29, 1.82) is 0 Å². The number of rotatable bonds is 5. The average Bonchev–Trinajstić information content (AvgIpc) is 3.26. The third-order valence-electron chi connectivity index (χ3n) is 4.17. The van der Waals surface area contributed by atoms with Gasteiger partial charge < -0.3 is 14.6 Å². The van der Waals surface area contributed by atoms with E-state index in [1.54, 1.807) is 11.3 Å². The van der Waals surface area contributed by atoms with Crippen LogP contribution in [0.4, 0.5) is 0 Å². The third kappa shape index (κ3) is 3.20. The van der Waals surface area contributed by atoms with E-state index in [2.05, 4.69) is 15.5 Å². The molecule has 126 valence electrons. The Bertz CT molecular complexity index is 824. The number of amides is 1. The molecule has 2 atom stereocenters. The van der Waals surface area contributed by atoms with Crippen LogP contribution in [0.25, 0.3) is 4.96 Å². The Hall–Kier alpha value is -2.19. The summed E-state index contributed by atoms with van der Waals surface area (Å²) in [4.78, 5) is 17.7. The number of nitrogens with one attached hydrogen (secondary N) is 1. The highest BCUT2D eigenvalue weighted by molar-refractivity contribution is 7.15. The Kier molecular flexibility index (Phi) is 4.07. The normalized spacial score (nSPS) is 20.7. The molecule has 24 heavy (non-hydrogen) atoms. The Morgan fingerprint density at radius 2 is 2.42 bits per heavy atom. The van der Waals surface area contributed by atoms with Crippen LogP contribution in [-0.2, 0) is 22.4 Å². The minimum atomic E-state index is -0.0324. The van der Waals surface area contributed by atoms with Crippen LogP contribution in [0.1, 0.15) is 17.1 Å². The zero-order valence-electron chi connectivity index (χ0n) is 13.3. The molecule has 1 amide bonds. The molecule has 0 aliphatic carbocycles. The van der Waals surface area contributed by atoms with E-state index in [0.717, 1.165) is 22.1 Å². The first-order valence-electron chi connectivity index (χ1n) is 7.88. The predicted octanol–water partition coefficient (Wildman–Crippen LogP) is 1.61. The average molecular weight is 346 g/mol. The molecule has 7 nitrogen and oxygen atoms in total. The summed E-state index contributed by atoms with van der Waals surface area (Å²) in [5, 5.41) is 8.94. The highest BCUT2D eigenvalue weighted by atomic mass is 32.1. The Morgan fingerprint density at radius 1 is 1.50 bits per heavy atom. The Balaban J connectivity index is 1.36. The summed E-state index contributed by atoms with van der Waals surface area (Å²) >= 11 is 1.56. The molecule has 3 aromatic heterocycles. The number of thiazole rings is 1. The van der Waals surface area contributed by atoms with E-state index in [4.69, 9.17) is 9.26 Å². The highest BCUT2D eigenvalue weighted by Gasteiger charge is 2.30. The number of ether oxygens (including phenoxy) is 1. The molecule has 1 aliphatic rings. The predicted molar refractivity (Wildman–Crippen MR) is 88.0 cm³/mol. The molecular formula is C16H18N4O3S. The number of hydrogen-bond acceptors (Lipinski definition) is 6. The number of aromatic nitrogens is 3. The minimum absolute atomic E-state index is 0.00774. The molecule has 1 fully saturated rings. The summed E-state index contributed by atoms with van der Waals surface area (Å²) in [6, 6.07) is 1.92. The van der Waals surface area contributed by atoms with E-state index in [1.807, 2.05) is 35.2 Å². The first-order chi connectivity index (χ1) is 11.7. The van der Waals surface area contributed by atoms with E-state index in [9.17, 15) is 4.79 Å². The number of carbonyl (C=O) groups is 1. The van der Waals surface area contributed by atoms with Crippen molar-refractivity contribution in [3.05, 3.63) is 41.0 Å². The number of nitrogens with zero attached hydrogens (tertiary/aromatic N) is 3. The van der Waals surface area contributed by atoms with Gasteiger partial charge in [0.15, 0.2) is 4.96 Å². The SMILES string of the molecule is Cc1cc(C[C@@H]2COC[C@@H]2NC(=O)Cc2cn3ccsc3n2)on1. The van der Waals surface area contributed by atoms with Gasteiger partial charge in [-0.15, -0.1) is 11.3 Å². The van der Waals surface area contributed by atoms with Gasteiger partial charge in [0.05, 0.1) is 37.1 Å². The van der Waals surface area contributed by atoms with Crippen molar-refractivity contribution in [2.75, 3.05) is 13.2 Å². The van der Waals surface area contributed by atoms with Gasteiger partial charge in [-0.1, -0.05) is 5.16 Å². The van der Waals surface area contributed by atoms with Crippen molar-refractivity contribution in [2.45, 2.75) is 25.8 Å². The van der Waals surface area contributed by atoms with E-state index in [0.29, 0.717) is 19.6 Å². The molecule has 0 saturated carbocycles. The monoisotopic (exact) mass is 346 g/mol. The lowest BCUT2D eigenvalue weighted by Crippen LogP contribution is -2.41. The van der Waals surface area contributed by atoms with E-state index < -0.39 is 0 Å². The molecule has 0 bridgehead atoms.